The normalized spacial score (nSPS) is 31.1. The molecule has 1 saturated heterocycles. The molecule has 5 atom stereocenters. The van der Waals surface area contributed by atoms with Crippen LogP contribution in [-0.2, 0) is 19.2 Å². The Morgan fingerprint density at radius 1 is 0.895 bits per heavy atom. The van der Waals surface area contributed by atoms with Gasteiger partial charge in [-0.3, -0.25) is 19.2 Å². The summed E-state index contributed by atoms with van der Waals surface area (Å²) in [5, 5.41) is 6.70. The number of piperidine rings is 1. The van der Waals surface area contributed by atoms with Crippen LogP contribution in [0.1, 0.15) is 104 Å². The van der Waals surface area contributed by atoms with Gasteiger partial charge in [-0.15, -0.1) is 0 Å². The SMILES string of the molecule is CC1(C)C2CN(C(=O)[C@@H](NC3CCCCC3)C3CCCCC3)C(C(=O)NC(CC3CCC3)C(=O)C(N)=O)C21. The number of amides is 3. The summed E-state index contributed by atoms with van der Waals surface area (Å²) >= 11 is 0. The van der Waals surface area contributed by atoms with Gasteiger partial charge in [-0.05, 0) is 61.2 Å². The van der Waals surface area contributed by atoms with Crippen LogP contribution in [0.3, 0.4) is 0 Å². The number of nitrogens with two attached hydrogens (primary N) is 1. The summed E-state index contributed by atoms with van der Waals surface area (Å²) in [4.78, 5) is 54.5. The molecule has 212 valence electrons. The first-order chi connectivity index (χ1) is 18.2. The number of Topliss-reactive ketones (excluding diaryl/α,β-unsaturated/α-hetero) is 1. The molecule has 3 amide bonds. The summed E-state index contributed by atoms with van der Waals surface area (Å²) in [6, 6.07) is -1.41. The molecule has 4 saturated carbocycles. The van der Waals surface area contributed by atoms with Gasteiger partial charge < -0.3 is 21.3 Å². The van der Waals surface area contributed by atoms with Crippen molar-refractivity contribution in [1.82, 2.24) is 15.5 Å². The van der Waals surface area contributed by atoms with E-state index >= 15 is 0 Å². The summed E-state index contributed by atoms with van der Waals surface area (Å²) in [6.45, 7) is 4.93. The average Bonchev–Trinajstić information content (AvgIpc) is 3.21. The molecule has 38 heavy (non-hydrogen) atoms. The Hall–Kier alpha value is -1.96. The number of hydrogen-bond acceptors (Lipinski definition) is 5. The molecule has 4 unspecified atom stereocenters. The van der Waals surface area contributed by atoms with Crippen molar-refractivity contribution in [2.75, 3.05) is 6.54 Å². The van der Waals surface area contributed by atoms with E-state index in [2.05, 4.69) is 24.5 Å². The Bertz CT molecular complexity index is 919. The summed E-state index contributed by atoms with van der Waals surface area (Å²) in [7, 11) is 0. The molecule has 4 N–H and O–H groups in total. The van der Waals surface area contributed by atoms with Crippen LogP contribution >= 0.6 is 0 Å². The van der Waals surface area contributed by atoms with Crippen molar-refractivity contribution in [3.8, 4) is 0 Å². The lowest BCUT2D eigenvalue weighted by atomic mass is 9.80. The maximum Gasteiger partial charge on any atom is 0.287 e. The lowest BCUT2D eigenvalue weighted by molar-refractivity contribution is -0.145. The number of rotatable bonds is 10. The lowest BCUT2D eigenvalue weighted by Gasteiger charge is -2.39. The van der Waals surface area contributed by atoms with Crippen LogP contribution in [0, 0.1) is 29.1 Å². The second kappa shape index (κ2) is 11.3. The highest BCUT2D eigenvalue weighted by Gasteiger charge is 2.69. The van der Waals surface area contributed by atoms with E-state index in [-0.39, 0.29) is 35.1 Å². The van der Waals surface area contributed by atoms with E-state index in [0.29, 0.717) is 30.8 Å². The van der Waals surface area contributed by atoms with Gasteiger partial charge in [0.15, 0.2) is 0 Å². The topological polar surface area (TPSA) is 122 Å². The van der Waals surface area contributed by atoms with E-state index < -0.39 is 23.8 Å². The number of hydrogen-bond donors (Lipinski definition) is 3. The molecule has 1 aliphatic heterocycles. The predicted molar refractivity (Wildman–Crippen MR) is 145 cm³/mol. The molecule has 5 aliphatic rings. The second-order valence-corrected chi connectivity index (χ2v) is 13.6. The maximum atomic E-state index is 14.3. The van der Waals surface area contributed by atoms with Crippen molar-refractivity contribution >= 4 is 23.5 Å². The molecule has 8 nitrogen and oxygen atoms in total. The Labute approximate surface area is 227 Å². The molecule has 5 fully saturated rings. The molecule has 0 aromatic rings. The summed E-state index contributed by atoms with van der Waals surface area (Å²) in [6.07, 6.45) is 15.1. The number of likely N-dealkylation sites (tertiary alicyclic amines) is 1. The van der Waals surface area contributed by atoms with Gasteiger partial charge in [0.2, 0.25) is 17.6 Å². The number of fused-ring (bicyclic) bond motifs is 1. The highest BCUT2D eigenvalue weighted by molar-refractivity contribution is 6.37. The van der Waals surface area contributed by atoms with Crippen molar-refractivity contribution in [2.24, 2.45) is 34.8 Å². The number of carbonyl (C=O) groups excluding carboxylic acids is 4. The van der Waals surface area contributed by atoms with Crippen molar-refractivity contribution < 1.29 is 19.2 Å². The molecule has 0 aromatic heterocycles. The highest BCUT2D eigenvalue weighted by atomic mass is 16.2. The minimum atomic E-state index is -1.01. The van der Waals surface area contributed by atoms with Gasteiger partial charge in [0.05, 0.1) is 12.1 Å². The molecule has 8 heteroatoms. The van der Waals surface area contributed by atoms with Gasteiger partial charge in [-0.1, -0.05) is 71.6 Å². The third kappa shape index (κ3) is 5.52. The summed E-state index contributed by atoms with van der Waals surface area (Å²) in [5.41, 5.74) is 5.33. The maximum absolute atomic E-state index is 14.3. The van der Waals surface area contributed by atoms with E-state index in [1.54, 1.807) is 0 Å². The van der Waals surface area contributed by atoms with Gasteiger partial charge in [0.25, 0.3) is 5.91 Å². The fourth-order valence-corrected chi connectivity index (χ4v) is 8.11. The first-order valence-electron chi connectivity index (χ1n) is 15.4. The van der Waals surface area contributed by atoms with E-state index in [9.17, 15) is 19.2 Å². The standard InChI is InChI=1S/C30H48N4O4/c1-30(2)21-17-34(29(38)24(19-12-5-3-6-13-19)32-20-14-7-4-8-15-20)25(23(21)30)28(37)33-22(26(35)27(31)36)16-18-10-9-11-18/h18-25,32H,3-17H2,1-2H3,(H2,31,36)(H,33,37)/t21?,22?,23?,24-,25?/m0/s1. The second-order valence-electron chi connectivity index (χ2n) is 13.6. The van der Waals surface area contributed by atoms with Gasteiger partial charge in [-0.2, -0.15) is 0 Å². The number of primary amides is 1. The van der Waals surface area contributed by atoms with Crippen molar-refractivity contribution in [1.29, 1.82) is 0 Å². The van der Waals surface area contributed by atoms with E-state index in [0.717, 1.165) is 57.8 Å². The van der Waals surface area contributed by atoms with Crippen LogP contribution < -0.4 is 16.4 Å². The third-order valence-electron chi connectivity index (χ3n) is 10.8. The zero-order valence-electron chi connectivity index (χ0n) is 23.4. The largest absolute Gasteiger partial charge is 0.363 e. The Morgan fingerprint density at radius 2 is 1.53 bits per heavy atom. The predicted octanol–water partition coefficient (Wildman–Crippen LogP) is 3.07. The van der Waals surface area contributed by atoms with E-state index in [4.69, 9.17) is 5.73 Å². The molecule has 0 aromatic carbocycles. The number of nitrogens with zero attached hydrogens (tertiary/aromatic N) is 1. The van der Waals surface area contributed by atoms with Gasteiger partial charge in [-0.25, -0.2) is 0 Å². The molecule has 0 bridgehead atoms. The van der Waals surface area contributed by atoms with Crippen LogP contribution in [0.2, 0.25) is 0 Å². The van der Waals surface area contributed by atoms with Crippen LogP contribution in [0.25, 0.3) is 0 Å². The quantitative estimate of drug-likeness (QED) is 0.376. The molecule has 0 spiro atoms. The number of ketones is 1. The first-order valence-corrected chi connectivity index (χ1v) is 15.4. The minimum Gasteiger partial charge on any atom is -0.363 e. The number of carbonyl (C=O) groups is 4. The van der Waals surface area contributed by atoms with Crippen LogP contribution in [0.4, 0.5) is 0 Å². The molecule has 5 rings (SSSR count). The van der Waals surface area contributed by atoms with Crippen LogP contribution in [0.15, 0.2) is 0 Å². The monoisotopic (exact) mass is 528 g/mol. The molecule has 0 radical (unpaired) electrons. The Morgan fingerprint density at radius 3 is 2.11 bits per heavy atom. The average molecular weight is 529 g/mol. The molecule has 1 heterocycles. The summed E-state index contributed by atoms with van der Waals surface area (Å²) in [5.74, 6) is -1.00. The third-order valence-corrected chi connectivity index (χ3v) is 10.8. The summed E-state index contributed by atoms with van der Waals surface area (Å²) < 4.78 is 0. The molecule has 4 aliphatic carbocycles. The fraction of sp³-hybridized carbons (Fsp3) is 0.867. The van der Waals surface area contributed by atoms with E-state index in [1.165, 1.54) is 25.7 Å². The first kappa shape index (κ1) is 27.6. The van der Waals surface area contributed by atoms with Crippen molar-refractivity contribution in [3.05, 3.63) is 0 Å². The van der Waals surface area contributed by atoms with Gasteiger partial charge >= 0.3 is 0 Å². The zero-order chi connectivity index (χ0) is 27.0. The minimum absolute atomic E-state index is 0.0207. The van der Waals surface area contributed by atoms with Crippen LogP contribution in [0.5, 0.6) is 0 Å². The Kier molecular flexibility index (Phi) is 8.18. The zero-order valence-corrected chi connectivity index (χ0v) is 23.4. The fourth-order valence-electron chi connectivity index (χ4n) is 8.11. The van der Waals surface area contributed by atoms with Crippen molar-refractivity contribution in [3.63, 3.8) is 0 Å². The van der Waals surface area contributed by atoms with Gasteiger partial charge in [0, 0.05) is 12.6 Å². The van der Waals surface area contributed by atoms with E-state index in [1.807, 2.05) is 4.90 Å². The smallest absolute Gasteiger partial charge is 0.287 e. The highest BCUT2D eigenvalue weighted by Crippen LogP contribution is 2.65. The Balaban J connectivity index is 1.35. The molecular weight excluding hydrogens is 480 g/mol. The lowest BCUT2D eigenvalue weighted by Crippen LogP contribution is -2.60. The van der Waals surface area contributed by atoms with Gasteiger partial charge in [0.1, 0.15) is 6.04 Å². The van der Waals surface area contributed by atoms with Crippen LogP contribution in [-0.4, -0.2) is 59.1 Å². The van der Waals surface area contributed by atoms with Crippen molar-refractivity contribution in [2.45, 2.75) is 128 Å². The molecular formula is C30H48N4O4. The number of nitrogens with one attached hydrogen (secondary N) is 2.